The van der Waals surface area contributed by atoms with Gasteiger partial charge in [-0.3, -0.25) is 9.59 Å². The van der Waals surface area contributed by atoms with Crippen molar-refractivity contribution in [1.29, 1.82) is 0 Å². The Bertz CT molecular complexity index is 1200. The number of β-amino-alcohol motifs (C(OH)–C–C–N with tert-alkyl or cyclic N) is 1. The van der Waals surface area contributed by atoms with Crippen LogP contribution < -0.4 is 15.0 Å². The minimum Gasteiger partial charge on any atom is -0.489 e. The number of fused-ring (bicyclic) bond motifs is 1. The van der Waals surface area contributed by atoms with Crippen molar-refractivity contribution in [2.75, 3.05) is 31.2 Å². The van der Waals surface area contributed by atoms with Gasteiger partial charge in [0, 0.05) is 42.1 Å². The molecule has 1 aliphatic rings. The third kappa shape index (κ3) is 6.06. The van der Waals surface area contributed by atoms with E-state index in [1.165, 1.54) is 10.9 Å². The number of benzene rings is 2. The number of carbonyl (C=O) groups is 2. The summed E-state index contributed by atoms with van der Waals surface area (Å²) in [5.41, 5.74) is 2.68. The molecule has 1 amide bonds. The van der Waals surface area contributed by atoms with Crippen molar-refractivity contribution < 1.29 is 24.2 Å². The van der Waals surface area contributed by atoms with Gasteiger partial charge in [0.05, 0.1) is 18.2 Å². The van der Waals surface area contributed by atoms with Gasteiger partial charge in [0.25, 0.3) is 0 Å². The van der Waals surface area contributed by atoms with Gasteiger partial charge in [-0.1, -0.05) is 30.3 Å². The molecule has 4 rings (SSSR count). The second kappa shape index (κ2) is 11.1. The van der Waals surface area contributed by atoms with Crippen LogP contribution in [0.2, 0.25) is 0 Å². The molecule has 36 heavy (non-hydrogen) atoms. The molecule has 3 aromatic rings. The molecule has 3 N–H and O–H groups in total. The minimum absolute atomic E-state index is 0.0660. The number of H-pyrrole nitrogens is 1. The smallest absolute Gasteiger partial charge is 0.311 e. The number of amides is 1. The van der Waals surface area contributed by atoms with Crippen molar-refractivity contribution in [3.05, 3.63) is 60.3 Å². The number of hydrogen-bond donors (Lipinski definition) is 3. The number of anilines is 1. The van der Waals surface area contributed by atoms with E-state index in [1.807, 2.05) is 30.5 Å². The lowest BCUT2D eigenvalue weighted by Gasteiger charge is -2.28. The summed E-state index contributed by atoms with van der Waals surface area (Å²) in [5.74, 6) is -0.499. The van der Waals surface area contributed by atoms with Gasteiger partial charge in [-0.25, -0.2) is 0 Å². The first-order valence-corrected chi connectivity index (χ1v) is 12.4. The Morgan fingerprint density at radius 3 is 2.78 bits per heavy atom. The molecule has 1 unspecified atom stereocenters. The Balaban J connectivity index is 1.32. The molecular formula is C28H35N3O5. The number of esters is 1. The predicted molar refractivity (Wildman–Crippen MR) is 139 cm³/mol. The predicted octanol–water partition coefficient (Wildman–Crippen LogP) is 3.43. The molecule has 192 valence electrons. The van der Waals surface area contributed by atoms with Crippen LogP contribution in [0.4, 0.5) is 5.69 Å². The summed E-state index contributed by atoms with van der Waals surface area (Å²) in [6.45, 7) is 6.92. The van der Waals surface area contributed by atoms with Gasteiger partial charge in [0.15, 0.2) is 0 Å². The van der Waals surface area contributed by atoms with E-state index in [1.54, 1.807) is 24.0 Å². The summed E-state index contributed by atoms with van der Waals surface area (Å²) >= 11 is 0. The van der Waals surface area contributed by atoms with E-state index in [-0.39, 0.29) is 43.6 Å². The summed E-state index contributed by atoms with van der Waals surface area (Å²) < 4.78 is 11.0. The van der Waals surface area contributed by atoms with Crippen LogP contribution >= 0.6 is 0 Å². The summed E-state index contributed by atoms with van der Waals surface area (Å²) in [6.07, 6.45) is 2.20. The number of carbonyl (C=O) groups excluding carboxylic acids is 2. The fourth-order valence-corrected chi connectivity index (χ4v) is 4.62. The average molecular weight is 494 g/mol. The summed E-state index contributed by atoms with van der Waals surface area (Å²) in [6, 6.07) is 15.4. The molecule has 1 aromatic heterocycles. The van der Waals surface area contributed by atoms with E-state index >= 15 is 0 Å². The van der Waals surface area contributed by atoms with Crippen LogP contribution in [0.25, 0.3) is 10.9 Å². The van der Waals surface area contributed by atoms with E-state index < -0.39 is 12.0 Å². The highest BCUT2D eigenvalue weighted by atomic mass is 16.5. The number of aromatic nitrogens is 1. The molecule has 8 nitrogen and oxygen atoms in total. The van der Waals surface area contributed by atoms with Gasteiger partial charge in [-0.15, -0.1) is 0 Å². The number of rotatable bonds is 11. The molecule has 2 atom stereocenters. The van der Waals surface area contributed by atoms with Crippen molar-refractivity contribution in [2.45, 2.75) is 45.3 Å². The summed E-state index contributed by atoms with van der Waals surface area (Å²) in [5, 5.41) is 15.3. The average Bonchev–Trinajstić information content (AvgIpc) is 3.45. The highest BCUT2D eigenvalue weighted by Gasteiger charge is 2.37. The molecule has 8 heteroatoms. The van der Waals surface area contributed by atoms with Crippen LogP contribution in [-0.4, -0.2) is 59.9 Å². The first kappa shape index (κ1) is 25.7. The van der Waals surface area contributed by atoms with Gasteiger partial charge >= 0.3 is 5.97 Å². The number of aliphatic hydroxyl groups excluding tert-OH is 1. The van der Waals surface area contributed by atoms with Crippen LogP contribution in [0.3, 0.4) is 0 Å². The zero-order valence-electron chi connectivity index (χ0n) is 21.1. The number of ether oxygens (including phenoxy) is 2. The van der Waals surface area contributed by atoms with Crippen molar-refractivity contribution in [3.63, 3.8) is 0 Å². The van der Waals surface area contributed by atoms with Gasteiger partial charge in [-0.05, 0) is 51.0 Å². The zero-order chi connectivity index (χ0) is 25.7. The fourth-order valence-electron chi connectivity index (χ4n) is 4.62. The number of hydrogen-bond acceptors (Lipinski definition) is 6. The lowest BCUT2D eigenvalue weighted by molar-refractivity contribution is -0.147. The maximum Gasteiger partial charge on any atom is 0.311 e. The number of para-hydroxylation sites is 3. The Kier molecular flexibility index (Phi) is 7.96. The van der Waals surface area contributed by atoms with Crippen molar-refractivity contribution in [2.24, 2.45) is 5.92 Å². The van der Waals surface area contributed by atoms with E-state index in [0.29, 0.717) is 18.0 Å². The first-order valence-electron chi connectivity index (χ1n) is 12.4. The molecule has 0 saturated carbocycles. The van der Waals surface area contributed by atoms with Crippen LogP contribution in [0.1, 0.15) is 32.8 Å². The number of nitrogens with zero attached hydrogens (tertiary/aromatic N) is 1. The molecule has 2 aromatic carbocycles. The highest BCUT2D eigenvalue weighted by molar-refractivity contribution is 6.00. The molecule has 2 heterocycles. The van der Waals surface area contributed by atoms with Crippen molar-refractivity contribution >= 4 is 28.5 Å². The SMILES string of the molecule is CCOC(=O)C1CC(=O)N(c2ccccc2OC[C@@H](O)CNC(C)(C)Cc2c[nH]c3ccccc23)C1. The molecule has 0 radical (unpaired) electrons. The third-order valence-corrected chi connectivity index (χ3v) is 6.46. The van der Waals surface area contributed by atoms with Crippen molar-refractivity contribution in [3.8, 4) is 5.75 Å². The molecule has 0 aliphatic carbocycles. The zero-order valence-corrected chi connectivity index (χ0v) is 21.1. The molecule has 1 aliphatic heterocycles. The van der Waals surface area contributed by atoms with Crippen LogP contribution in [0.15, 0.2) is 54.7 Å². The first-order chi connectivity index (χ1) is 17.3. The fraction of sp³-hybridized carbons (Fsp3) is 0.429. The lowest BCUT2D eigenvalue weighted by Crippen LogP contribution is -2.46. The molecular weight excluding hydrogens is 458 g/mol. The Labute approximate surface area is 211 Å². The van der Waals surface area contributed by atoms with E-state index in [0.717, 1.165) is 11.9 Å². The maximum atomic E-state index is 12.6. The largest absolute Gasteiger partial charge is 0.489 e. The van der Waals surface area contributed by atoms with Crippen LogP contribution in [-0.2, 0) is 20.7 Å². The Morgan fingerprint density at radius 1 is 1.22 bits per heavy atom. The topological polar surface area (TPSA) is 104 Å². The second-order valence-electron chi connectivity index (χ2n) is 9.89. The minimum atomic E-state index is -0.748. The van der Waals surface area contributed by atoms with Gasteiger partial charge in [-0.2, -0.15) is 0 Å². The monoisotopic (exact) mass is 493 g/mol. The lowest BCUT2D eigenvalue weighted by atomic mass is 9.94. The van der Waals surface area contributed by atoms with E-state index in [9.17, 15) is 14.7 Å². The van der Waals surface area contributed by atoms with Gasteiger partial charge in [0.2, 0.25) is 5.91 Å². The standard InChI is InChI=1S/C28H35N3O5/c1-4-35-27(34)19-13-26(33)31(17-19)24-11-7-8-12-25(24)36-18-21(32)16-30-28(2,3)14-20-15-29-23-10-6-5-9-22(20)23/h5-12,15,19,21,29-30,32H,4,13-14,16-18H2,1-3H3/t19?,21-/m0/s1. The second-order valence-corrected chi connectivity index (χ2v) is 9.89. The highest BCUT2D eigenvalue weighted by Crippen LogP contribution is 2.33. The number of nitrogens with one attached hydrogen (secondary N) is 2. The Hall–Kier alpha value is -3.36. The maximum absolute atomic E-state index is 12.6. The van der Waals surface area contributed by atoms with Crippen LogP contribution in [0.5, 0.6) is 5.75 Å². The van der Waals surface area contributed by atoms with E-state index in [4.69, 9.17) is 9.47 Å². The summed E-state index contributed by atoms with van der Waals surface area (Å²) in [4.78, 5) is 29.6. The quantitative estimate of drug-likeness (QED) is 0.354. The molecule has 1 fully saturated rings. The number of aromatic amines is 1. The molecule has 1 saturated heterocycles. The number of aliphatic hydroxyl groups is 1. The molecule has 0 bridgehead atoms. The van der Waals surface area contributed by atoms with Crippen LogP contribution in [0, 0.1) is 5.92 Å². The van der Waals surface area contributed by atoms with Gasteiger partial charge < -0.3 is 29.8 Å². The van der Waals surface area contributed by atoms with Gasteiger partial charge in [0.1, 0.15) is 18.5 Å². The normalized spacial score (nSPS) is 16.9. The van der Waals surface area contributed by atoms with Crippen molar-refractivity contribution in [1.82, 2.24) is 10.3 Å². The van der Waals surface area contributed by atoms with E-state index in [2.05, 4.69) is 36.3 Å². The Morgan fingerprint density at radius 2 is 1.97 bits per heavy atom. The molecule has 0 spiro atoms. The third-order valence-electron chi connectivity index (χ3n) is 6.46. The summed E-state index contributed by atoms with van der Waals surface area (Å²) in [7, 11) is 0.